The van der Waals surface area contributed by atoms with Gasteiger partial charge in [0.2, 0.25) is 5.91 Å². The van der Waals surface area contributed by atoms with Crippen molar-refractivity contribution in [3.05, 3.63) is 63.6 Å². The average Bonchev–Trinajstić information content (AvgIpc) is 3.33. The lowest BCUT2D eigenvalue weighted by atomic mass is 10.2. The van der Waals surface area contributed by atoms with E-state index in [0.29, 0.717) is 30.1 Å². The van der Waals surface area contributed by atoms with Crippen LogP contribution in [0.1, 0.15) is 36.7 Å². The second-order valence-electron chi connectivity index (χ2n) is 8.47. The summed E-state index contributed by atoms with van der Waals surface area (Å²) in [6.07, 6.45) is 3.85. The number of hydrogen-bond acceptors (Lipinski definition) is 4. The van der Waals surface area contributed by atoms with Gasteiger partial charge in [-0.15, -0.1) is 0 Å². The van der Waals surface area contributed by atoms with Crippen molar-refractivity contribution in [2.45, 2.75) is 52.7 Å². The lowest BCUT2D eigenvalue weighted by Crippen LogP contribution is -2.42. The highest BCUT2D eigenvalue weighted by molar-refractivity contribution is 5.87. The summed E-state index contributed by atoms with van der Waals surface area (Å²) in [6.45, 7) is 8.70. The summed E-state index contributed by atoms with van der Waals surface area (Å²) in [5, 5.41) is 8.45. The number of halogens is 1. The molecule has 1 saturated heterocycles. The number of nitrogens with zero attached hydrogens (tertiary/aromatic N) is 4. The fourth-order valence-corrected chi connectivity index (χ4v) is 4.76. The average molecular weight is 440 g/mol. The summed E-state index contributed by atoms with van der Waals surface area (Å²) in [5.74, 6) is -0.498. The number of nitrogens with one attached hydrogen (secondary N) is 1. The van der Waals surface area contributed by atoms with Crippen molar-refractivity contribution < 1.29 is 9.18 Å². The molecule has 1 atom stereocenters. The number of benzene rings is 1. The molecule has 0 bridgehead atoms. The molecule has 1 aliphatic heterocycles. The van der Waals surface area contributed by atoms with Crippen molar-refractivity contribution in [3.63, 3.8) is 0 Å². The van der Waals surface area contributed by atoms with Gasteiger partial charge >= 0.3 is 0 Å². The summed E-state index contributed by atoms with van der Waals surface area (Å²) in [6, 6.07) is 6.98. The van der Waals surface area contributed by atoms with Gasteiger partial charge in [-0.3, -0.25) is 14.5 Å². The summed E-state index contributed by atoms with van der Waals surface area (Å²) in [7, 11) is 0. The molecule has 2 aromatic heterocycles. The van der Waals surface area contributed by atoms with Crippen LogP contribution in [0.15, 0.2) is 35.3 Å². The number of rotatable bonds is 7. The summed E-state index contributed by atoms with van der Waals surface area (Å²) in [4.78, 5) is 28.0. The molecular formula is C24H30FN5O2. The van der Waals surface area contributed by atoms with E-state index in [2.05, 4.69) is 22.2 Å². The van der Waals surface area contributed by atoms with Gasteiger partial charge in [0.05, 0.1) is 18.1 Å². The van der Waals surface area contributed by atoms with Crippen LogP contribution in [-0.4, -0.2) is 50.8 Å². The van der Waals surface area contributed by atoms with Crippen LogP contribution in [0.4, 0.5) is 4.39 Å². The first-order valence-electron chi connectivity index (χ1n) is 11.2. The Morgan fingerprint density at radius 1 is 1.25 bits per heavy atom. The van der Waals surface area contributed by atoms with Crippen molar-refractivity contribution in [3.8, 4) is 0 Å². The van der Waals surface area contributed by atoms with E-state index in [1.807, 2.05) is 18.4 Å². The third-order valence-corrected chi connectivity index (χ3v) is 6.62. The summed E-state index contributed by atoms with van der Waals surface area (Å²) < 4.78 is 17.3. The minimum absolute atomic E-state index is 0.120. The van der Waals surface area contributed by atoms with Crippen LogP contribution < -0.4 is 10.9 Å². The minimum Gasteiger partial charge on any atom is -0.353 e. The smallest absolute Gasteiger partial charge is 0.276 e. The van der Waals surface area contributed by atoms with Gasteiger partial charge in [0.1, 0.15) is 12.4 Å². The lowest BCUT2D eigenvalue weighted by Gasteiger charge is -2.22. The number of carbonyl (C=O) groups is 1. The first-order valence-corrected chi connectivity index (χ1v) is 11.2. The predicted molar refractivity (Wildman–Crippen MR) is 122 cm³/mol. The van der Waals surface area contributed by atoms with Crippen LogP contribution in [0.5, 0.6) is 0 Å². The zero-order valence-corrected chi connectivity index (χ0v) is 18.9. The van der Waals surface area contributed by atoms with Crippen molar-refractivity contribution in [1.82, 2.24) is 24.6 Å². The molecule has 4 rings (SSSR count). The van der Waals surface area contributed by atoms with E-state index < -0.39 is 0 Å². The molecule has 32 heavy (non-hydrogen) atoms. The number of carbonyl (C=O) groups excluding carboxylic acids is 1. The van der Waals surface area contributed by atoms with E-state index in [-0.39, 0.29) is 23.8 Å². The van der Waals surface area contributed by atoms with E-state index in [4.69, 9.17) is 0 Å². The van der Waals surface area contributed by atoms with Gasteiger partial charge in [0, 0.05) is 34.9 Å². The first-order chi connectivity index (χ1) is 15.4. The van der Waals surface area contributed by atoms with Crippen molar-refractivity contribution in [1.29, 1.82) is 0 Å². The SMILES string of the molecule is CCN1CCC[C@H]1CNC(=O)Cn1ncc2c(C)n(Cc3ccccc3F)c(C)c2c1=O. The Bertz CT molecular complexity index is 1200. The standard InChI is InChI=1S/C24H30FN5O2/c1-4-28-11-7-9-19(28)12-26-22(31)15-30-24(32)23-17(3)29(16(2)20(23)13-27-30)14-18-8-5-6-10-21(18)25/h5-6,8,10,13,19H,4,7,9,11-12,14-15H2,1-3H3,(H,26,31)/t19-/m0/s1. The molecule has 1 N–H and O–H groups in total. The fourth-order valence-electron chi connectivity index (χ4n) is 4.76. The number of likely N-dealkylation sites (tertiary alicyclic amines) is 1. The Morgan fingerprint density at radius 2 is 2.03 bits per heavy atom. The van der Waals surface area contributed by atoms with Crippen LogP contribution in [0.25, 0.3) is 10.8 Å². The molecule has 0 spiro atoms. The van der Waals surface area contributed by atoms with Gasteiger partial charge in [-0.25, -0.2) is 9.07 Å². The van der Waals surface area contributed by atoms with Crippen LogP contribution in [0.2, 0.25) is 0 Å². The number of aryl methyl sites for hydroxylation is 2. The number of amides is 1. The predicted octanol–water partition coefficient (Wildman–Crippen LogP) is 2.60. The van der Waals surface area contributed by atoms with Crippen molar-refractivity contribution in [2.24, 2.45) is 0 Å². The summed E-state index contributed by atoms with van der Waals surface area (Å²) in [5.41, 5.74) is 1.84. The van der Waals surface area contributed by atoms with Crippen molar-refractivity contribution in [2.75, 3.05) is 19.6 Å². The van der Waals surface area contributed by atoms with Gasteiger partial charge in [-0.05, 0) is 45.8 Å². The number of aromatic nitrogens is 3. The van der Waals surface area contributed by atoms with Crippen LogP contribution in [-0.2, 0) is 17.9 Å². The monoisotopic (exact) mass is 439 g/mol. The molecule has 0 radical (unpaired) electrons. The van der Waals surface area contributed by atoms with E-state index in [1.54, 1.807) is 24.4 Å². The molecule has 1 aromatic carbocycles. The van der Waals surface area contributed by atoms with Crippen LogP contribution in [0.3, 0.4) is 0 Å². The van der Waals surface area contributed by atoms with Crippen LogP contribution in [0, 0.1) is 19.7 Å². The highest BCUT2D eigenvalue weighted by atomic mass is 19.1. The third kappa shape index (κ3) is 4.19. The highest BCUT2D eigenvalue weighted by Crippen LogP contribution is 2.23. The molecule has 0 saturated carbocycles. The largest absolute Gasteiger partial charge is 0.353 e. The first kappa shape index (κ1) is 22.2. The minimum atomic E-state index is -0.304. The third-order valence-electron chi connectivity index (χ3n) is 6.62. The maximum atomic E-state index is 14.2. The maximum absolute atomic E-state index is 14.2. The Hall–Kier alpha value is -3.00. The lowest BCUT2D eigenvalue weighted by molar-refractivity contribution is -0.122. The zero-order valence-electron chi connectivity index (χ0n) is 18.9. The molecule has 1 amide bonds. The highest BCUT2D eigenvalue weighted by Gasteiger charge is 2.23. The molecular weight excluding hydrogens is 409 g/mol. The second kappa shape index (κ2) is 9.24. The van der Waals surface area contributed by atoms with E-state index in [1.165, 1.54) is 10.7 Å². The topological polar surface area (TPSA) is 72.2 Å². The van der Waals surface area contributed by atoms with Gasteiger partial charge in [-0.1, -0.05) is 25.1 Å². The Labute approximate surface area is 186 Å². The van der Waals surface area contributed by atoms with Crippen molar-refractivity contribution >= 4 is 16.7 Å². The quantitative estimate of drug-likeness (QED) is 0.614. The number of fused-ring (bicyclic) bond motifs is 1. The number of hydrogen-bond donors (Lipinski definition) is 1. The van der Waals surface area contributed by atoms with Gasteiger partial charge < -0.3 is 9.88 Å². The summed E-state index contributed by atoms with van der Waals surface area (Å²) >= 11 is 0. The molecule has 170 valence electrons. The molecule has 3 heterocycles. The molecule has 3 aromatic rings. The van der Waals surface area contributed by atoms with Gasteiger partial charge in [-0.2, -0.15) is 5.10 Å². The normalized spacial score (nSPS) is 16.7. The van der Waals surface area contributed by atoms with E-state index >= 15 is 0 Å². The van der Waals surface area contributed by atoms with E-state index in [0.717, 1.165) is 42.7 Å². The fraction of sp³-hybridized carbons (Fsp3) is 0.458. The second-order valence-corrected chi connectivity index (χ2v) is 8.47. The Kier molecular flexibility index (Phi) is 6.41. The zero-order chi connectivity index (χ0) is 22.8. The molecule has 1 aliphatic rings. The van der Waals surface area contributed by atoms with Gasteiger partial charge in [0.25, 0.3) is 5.56 Å². The molecule has 1 fully saturated rings. The Balaban J connectivity index is 1.55. The Morgan fingerprint density at radius 3 is 2.78 bits per heavy atom. The molecule has 0 aliphatic carbocycles. The van der Waals surface area contributed by atoms with Crippen LogP contribution >= 0.6 is 0 Å². The molecule has 7 nitrogen and oxygen atoms in total. The molecule has 8 heteroatoms. The van der Waals surface area contributed by atoms with Gasteiger partial charge in [0.15, 0.2) is 0 Å². The van der Waals surface area contributed by atoms with E-state index in [9.17, 15) is 14.0 Å². The molecule has 0 unspecified atom stereocenters. The maximum Gasteiger partial charge on any atom is 0.276 e. The number of likely N-dealkylation sites (N-methyl/N-ethyl adjacent to an activating group) is 1.